The van der Waals surface area contributed by atoms with Crippen molar-refractivity contribution in [1.82, 2.24) is 14.4 Å². The van der Waals surface area contributed by atoms with E-state index in [1.807, 2.05) is 41.5 Å². The lowest BCUT2D eigenvalue weighted by atomic mass is 9.83. The third-order valence-corrected chi connectivity index (χ3v) is 7.57. The van der Waals surface area contributed by atoms with Gasteiger partial charge in [0.25, 0.3) is 0 Å². The molecule has 0 bridgehead atoms. The van der Waals surface area contributed by atoms with Crippen molar-refractivity contribution in [3.63, 3.8) is 0 Å². The van der Waals surface area contributed by atoms with E-state index < -0.39 is 0 Å². The molecule has 236 valence electrons. The van der Waals surface area contributed by atoms with Crippen molar-refractivity contribution in [2.24, 2.45) is 0 Å². The van der Waals surface area contributed by atoms with Gasteiger partial charge in [-0.25, -0.2) is 0 Å². The van der Waals surface area contributed by atoms with Crippen LogP contribution in [0.5, 0.6) is 0 Å². The molecule has 4 aromatic carbocycles. The first-order valence-electron chi connectivity index (χ1n) is 16.7. The van der Waals surface area contributed by atoms with Crippen LogP contribution in [-0.4, -0.2) is 55.6 Å². The Bertz CT molecular complexity index is 1480. The predicted molar refractivity (Wildman–Crippen MR) is 197 cm³/mol. The van der Waals surface area contributed by atoms with Crippen molar-refractivity contribution in [3.8, 4) is 0 Å². The van der Waals surface area contributed by atoms with Gasteiger partial charge in [0.1, 0.15) is 0 Å². The summed E-state index contributed by atoms with van der Waals surface area (Å²) in [5.74, 6) is 0. The van der Waals surface area contributed by atoms with Gasteiger partial charge >= 0.3 is 0 Å². The molecule has 6 rings (SSSR count). The van der Waals surface area contributed by atoms with E-state index in [1.165, 1.54) is 54.8 Å². The van der Waals surface area contributed by atoms with Crippen LogP contribution in [0.25, 0.3) is 32.6 Å². The smallest absolute Gasteiger partial charge is 0.0497 e. The van der Waals surface area contributed by atoms with E-state index in [0.717, 1.165) is 32.5 Å². The molecule has 3 nitrogen and oxygen atoms in total. The van der Waals surface area contributed by atoms with Gasteiger partial charge in [-0.2, -0.15) is 0 Å². The molecule has 0 fully saturated rings. The highest BCUT2D eigenvalue weighted by Crippen LogP contribution is 2.37. The van der Waals surface area contributed by atoms with E-state index in [-0.39, 0.29) is 0 Å². The summed E-state index contributed by atoms with van der Waals surface area (Å²) in [5, 5.41) is 5.52. The fraction of sp³-hybridized carbons (Fsp3) is 0.450. The molecule has 0 saturated heterocycles. The van der Waals surface area contributed by atoms with Crippen LogP contribution in [0.2, 0.25) is 0 Å². The second kappa shape index (κ2) is 19.9. The summed E-state index contributed by atoms with van der Waals surface area (Å²) in [5.41, 5.74) is 8.66. The van der Waals surface area contributed by atoms with Crippen LogP contribution in [-0.2, 0) is 19.4 Å². The van der Waals surface area contributed by atoms with Crippen LogP contribution in [0, 0.1) is 0 Å². The molecule has 1 aliphatic rings. The Labute approximate surface area is 264 Å². The monoisotopic (exact) mass is 583 g/mol. The van der Waals surface area contributed by atoms with Crippen molar-refractivity contribution in [2.75, 3.05) is 41.3 Å². The van der Waals surface area contributed by atoms with Gasteiger partial charge < -0.3 is 14.4 Å². The summed E-state index contributed by atoms with van der Waals surface area (Å²) in [6.07, 6.45) is 2.09. The van der Waals surface area contributed by atoms with E-state index in [1.54, 1.807) is 0 Å². The Kier molecular flexibility index (Phi) is 17.6. The van der Waals surface area contributed by atoms with Crippen molar-refractivity contribution in [1.29, 1.82) is 0 Å². The molecule has 0 saturated carbocycles. The molecule has 3 heteroatoms. The van der Waals surface area contributed by atoms with Crippen LogP contribution in [0.4, 0.5) is 0 Å². The molecule has 0 N–H and O–H groups in total. The van der Waals surface area contributed by atoms with Crippen LogP contribution in [0.15, 0.2) is 72.8 Å². The third kappa shape index (κ3) is 9.68. The maximum Gasteiger partial charge on any atom is 0.0497 e. The average molecular weight is 584 g/mol. The quantitative estimate of drug-likeness (QED) is 0.205. The van der Waals surface area contributed by atoms with Crippen molar-refractivity contribution >= 4 is 32.6 Å². The van der Waals surface area contributed by atoms with Gasteiger partial charge in [-0.05, 0) is 112 Å². The molecule has 0 atom stereocenters. The molecule has 0 unspecified atom stereocenters. The van der Waals surface area contributed by atoms with E-state index in [2.05, 4.69) is 136 Å². The molecule has 0 amide bonds. The summed E-state index contributed by atoms with van der Waals surface area (Å²) in [7, 11) is 8.22. The van der Waals surface area contributed by atoms with E-state index >= 15 is 0 Å². The largest absolute Gasteiger partial charge is 0.341 e. The van der Waals surface area contributed by atoms with Crippen molar-refractivity contribution < 1.29 is 0 Å². The Morgan fingerprint density at radius 3 is 1.58 bits per heavy atom. The summed E-state index contributed by atoms with van der Waals surface area (Å²) >= 11 is 0. The molecule has 5 aromatic rings. The van der Waals surface area contributed by atoms with Crippen molar-refractivity contribution in [3.05, 3.63) is 95.1 Å². The molecule has 0 aliphatic heterocycles. The standard InChI is InChI=1S/C26H21N.2C4H11N.3C2H6/c1-2-27-25-10-6-5-9-21(25)24-15-20-12-11-19-13-17-7-3-4-8-18(17)14-22(19)23(20)16-26(24)27;2*1-4-5(2)3;3*1-2/h3-12,15-16H,2,13-14H2,1H3;2*4H2,1-3H3;3*1-2H3. The molecule has 1 heterocycles. The fourth-order valence-electron chi connectivity index (χ4n) is 4.99. The maximum atomic E-state index is 2.46. The Morgan fingerprint density at radius 2 is 1.05 bits per heavy atom. The molecule has 1 aromatic heterocycles. The number of aryl methyl sites for hydroxylation is 1. The minimum Gasteiger partial charge on any atom is -0.341 e. The van der Waals surface area contributed by atoms with E-state index in [0.29, 0.717) is 0 Å². The zero-order chi connectivity index (χ0) is 32.5. The number of hydrogen-bond acceptors (Lipinski definition) is 2. The van der Waals surface area contributed by atoms with Gasteiger partial charge in [-0.15, -0.1) is 0 Å². The Hall–Kier alpha value is -3.14. The molecule has 0 radical (unpaired) electrons. The summed E-state index contributed by atoms with van der Waals surface area (Å²) in [6, 6.07) is 27.2. The summed E-state index contributed by atoms with van der Waals surface area (Å²) < 4.78 is 2.46. The lowest BCUT2D eigenvalue weighted by molar-refractivity contribution is 0.434. The van der Waals surface area contributed by atoms with Crippen LogP contribution in [0.3, 0.4) is 0 Å². The normalized spacial score (nSPS) is 11.0. The second-order valence-electron chi connectivity index (χ2n) is 10.5. The highest BCUT2D eigenvalue weighted by molar-refractivity contribution is 6.13. The molecule has 0 spiro atoms. The number of para-hydroxylation sites is 1. The molecule has 1 aliphatic carbocycles. The number of nitrogens with zero attached hydrogens (tertiary/aromatic N) is 3. The summed E-state index contributed by atoms with van der Waals surface area (Å²) in [4.78, 5) is 4.25. The Morgan fingerprint density at radius 1 is 0.535 bits per heavy atom. The Balaban J connectivity index is 0.000000491. The SMILES string of the molecule is CC.CC.CC.CCN(C)C.CCN(C)C.CCn1c2ccccc2c2cc3ccc4c(c3cc21)Cc1ccccc1C4. The topological polar surface area (TPSA) is 11.4 Å². The molecule has 43 heavy (non-hydrogen) atoms. The van der Waals surface area contributed by atoms with Crippen LogP contribution >= 0.6 is 0 Å². The maximum absolute atomic E-state index is 2.46. The lowest BCUT2D eigenvalue weighted by Gasteiger charge is -2.21. The number of rotatable bonds is 3. The first-order chi connectivity index (χ1) is 20.9. The highest BCUT2D eigenvalue weighted by Gasteiger charge is 2.18. The van der Waals surface area contributed by atoms with Gasteiger partial charge in [0.15, 0.2) is 0 Å². The second-order valence-corrected chi connectivity index (χ2v) is 10.5. The number of fused-ring (bicyclic) bond motifs is 7. The van der Waals surface area contributed by atoms with Gasteiger partial charge in [0.2, 0.25) is 0 Å². The molecular formula is C40H61N3. The minimum absolute atomic E-state index is 0.993. The van der Waals surface area contributed by atoms with Crippen LogP contribution in [0.1, 0.15) is 84.6 Å². The molecular weight excluding hydrogens is 522 g/mol. The minimum atomic E-state index is 0.993. The number of benzene rings is 4. The lowest BCUT2D eigenvalue weighted by Crippen LogP contribution is -2.08. The average Bonchev–Trinajstić information content (AvgIpc) is 3.38. The van der Waals surface area contributed by atoms with Crippen LogP contribution < -0.4 is 0 Å². The predicted octanol–water partition coefficient (Wildman–Crippen LogP) is 10.7. The van der Waals surface area contributed by atoms with Gasteiger partial charge in [-0.3, -0.25) is 0 Å². The van der Waals surface area contributed by atoms with Gasteiger partial charge in [0, 0.05) is 28.4 Å². The van der Waals surface area contributed by atoms with Gasteiger partial charge in [0.05, 0.1) is 0 Å². The number of hydrogen-bond donors (Lipinski definition) is 0. The first-order valence-corrected chi connectivity index (χ1v) is 16.7. The van der Waals surface area contributed by atoms with E-state index in [4.69, 9.17) is 0 Å². The number of aromatic nitrogens is 1. The van der Waals surface area contributed by atoms with Crippen molar-refractivity contribution in [2.45, 2.75) is 81.7 Å². The van der Waals surface area contributed by atoms with Gasteiger partial charge in [-0.1, -0.05) is 110 Å². The zero-order valence-corrected chi connectivity index (χ0v) is 29.8. The third-order valence-electron chi connectivity index (χ3n) is 7.57. The van der Waals surface area contributed by atoms with E-state index in [9.17, 15) is 0 Å². The highest BCUT2D eigenvalue weighted by atomic mass is 15.0. The zero-order valence-electron chi connectivity index (χ0n) is 29.8. The first kappa shape index (κ1) is 37.9. The summed E-state index contributed by atoms with van der Waals surface area (Å²) in [6.45, 7) is 21.8. The fourth-order valence-corrected chi connectivity index (χ4v) is 4.99.